The lowest BCUT2D eigenvalue weighted by Gasteiger charge is -2.12. The van der Waals surface area contributed by atoms with Crippen molar-refractivity contribution in [3.05, 3.63) is 29.1 Å². The zero-order valence-electron chi connectivity index (χ0n) is 9.57. The van der Waals surface area contributed by atoms with Crippen LogP contribution in [0.2, 0.25) is 0 Å². The number of hydrogen-bond acceptors (Lipinski definition) is 4. The van der Waals surface area contributed by atoms with Gasteiger partial charge in [0, 0.05) is 12.2 Å². The molecule has 0 amide bonds. The molecule has 0 aliphatic rings. The maximum Gasteiger partial charge on any atom is 0.339 e. The molecule has 0 spiro atoms. The van der Waals surface area contributed by atoms with Crippen molar-refractivity contribution in [1.82, 2.24) is 9.88 Å². The van der Waals surface area contributed by atoms with E-state index in [0.29, 0.717) is 12.1 Å². The first kappa shape index (κ1) is 11.7. The van der Waals surface area contributed by atoms with Crippen molar-refractivity contribution in [2.24, 2.45) is 0 Å². The summed E-state index contributed by atoms with van der Waals surface area (Å²) in [5.74, 6) is -0.334. The first-order valence-electron chi connectivity index (χ1n) is 4.74. The van der Waals surface area contributed by atoms with Crippen LogP contribution in [-0.4, -0.2) is 37.1 Å². The van der Waals surface area contributed by atoms with Gasteiger partial charge in [-0.05, 0) is 33.2 Å². The molecule has 4 heteroatoms. The Morgan fingerprint density at radius 1 is 1.47 bits per heavy atom. The molecule has 0 aliphatic heterocycles. The second kappa shape index (κ2) is 4.89. The van der Waals surface area contributed by atoms with Gasteiger partial charge in [0.15, 0.2) is 0 Å². The molecule has 0 unspecified atom stereocenters. The molecule has 0 bridgehead atoms. The molecule has 82 valence electrons. The summed E-state index contributed by atoms with van der Waals surface area (Å²) < 4.78 is 4.70. The summed E-state index contributed by atoms with van der Waals surface area (Å²) in [6.45, 7) is 2.53. The third kappa shape index (κ3) is 3.02. The van der Waals surface area contributed by atoms with E-state index in [2.05, 4.69) is 4.98 Å². The van der Waals surface area contributed by atoms with Crippen molar-refractivity contribution >= 4 is 5.97 Å². The van der Waals surface area contributed by atoms with E-state index in [1.54, 1.807) is 6.07 Å². The van der Waals surface area contributed by atoms with Crippen molar-refractivity contribution in [2.45, 2.75) is 13.5 Å². The van der Waals surface area contributed by atoms with Gasteiger partial charge >= 0.3 is 5.97 Å². The lowest BCUT2D eigenvalue weighted by Crippen LogP contribution is -2.16. The average molecular weight is 208 g/mol. The molecule has 0 N–H and O–H groups in total. The van der Waals surface area contributed by atoms with Gasteiger partial charge in [-0.1, -0.05) is 0 Å². The summed E-state index contributed by atoms with van der Waals surface area (Å²) in [7, 11) is 5.25. The Balaban J connectivity index is 3.08. The van der Waals surface area contributed by atoms with Crippen LogP contribution in [0.4, 0.5) is 0 Å². The molecular weight excluding hydrogens is 192 g/mol. The topological polar surface area (TPSA) is 42.4 Å². The van der Waals surface area contributed by atoms with Crippen LogP contribution in [0, 0.1) is 6.92 Å². The SMILES string of the molecule is COC(=O)c1ccc(C)nc1CN(C)C. The smallest absolute Gasteiger partial charge is 0.339 e. The predicted octanol–water partition coefficient (Wildman–Crippen LogP) is 1.24. The van der Waals surface area contributed by atoms with Gasteiger partial charge in [0.05, 0.1) is 18.4 Å². The highest BCUT2D eigenvalue weighted by Gasteiger charge is 2.13. The number of aryl methyl sites for hydroxylation is 1. The number of carbonyl (C=O) groups is 1. The minimum absolute atomic E-state index is 0.334. The second-order valence-electron chi connectivity index (χ2n) is 3.68. The monoisotopic (exact) mass is 208 g/mol. The van der Waals surface area contributed by atoms with Gasteiger partial charge in [0.1, 0.15) is 0 Å². The van der Waals surface area contributed by atoms with E-state index in [1.807, 2.05) is 32.0 Å². The van der Waals surface area contributed by atoms with Gasteiger partial charge < -0.3 is 9.64 Å². The van der Waals surface area contributed by atoms with Gasteiger partial charge in [-0.3, -0.25) is 4.98 Å². The molecule has 0 saturated carbocycles. The van der Waals surface area contributed by atoms with Crippen molar-refractivity contribution < 1.29 is 9.53 Å². The zero-order valence-corrected chi connectivity index (χ0v) is 9.57. The van der Waals surface area contributed by atoms with Crippen molar-refractivity contribution in [1.29, 1.82) is 0 Å². The summed E-state index contributed by atoms with van der Waals surface area (Å²) in [6.07, 6.45) is 0. The standard InChI is InChI=1S/C11H16N2O2/c1-8-5-6-9(11(14)15-4)10(12-8)7-13(2)3/h5-6H,7H2,1-4H3. The molecule has 1 aromatic heterocycles. The molecule has 0 fully saturated rings. The van der Waals surface area contributed by atoms with E-state index in [4.69, 9.17) is 4.74 Å². The van der Waals surface area contributed by atoms with Crippen LogP contribution in [0.5, 0.6) is 0 Å². The fraction of sp³-hybridized carbons (Fsp3) is 0.455. The van der Waals surface area contributed by atoms with E-state index in [9.17, 15) is 4.79 Å². The molecule has 1 aromatic rings. The van der Waals surface area contributed by atoms with Crippen molar-refractivity contribution in [2.75, 3.05) is 21.2 Å². The molecule has 1 heterocycles. The highest BCUT2D eigenvalue weighted by atomic mass is 16.5. The normalized spacial score (nSPS) is 10.5. The van der Waals surface area contributed by atoms with E-state index in [0.717, 1.165) is 11.4 Å². The van der Waals surface area contributed by atoms with Crippen LogP contribution in [-0.2, 0) is 11.3 Å². The number of pyridine rings is 1. The van der Waals surface area contributed by atoms with Gasteiger partial charge in [0.2, 0.25) is 0 Å². The Morgan fingerprint density at radius 2 is 2.13 bits per heavy atom. The number of methoxy groups -OCH3 is 1. The number of rotatable bonds is 3. The number of carbonyl (C=O) groups excluding carboxylic acids is 1. The van der Waals surface area contributed by atoms with Crippen LogP contribution < -0.4 is 0 Å². The van der Waals surface area contributed by atoms with Gasteiger partial charge in [0.25, 0.3) is 0 Å². The van der Waals surface area contributed by atoms with Crippen LogP contribution in [0.25, 0.3) is 0 Å². The summed E-state index contributed by atoms with van der Waals surface area (Å²) in [5.41, 5.74) is 2.20. The molecule has 15 heavy (non-hydrogen) atoms. The fourth-order valence-electron chi connectivity index (χ4n) is 1.33. The molecule has 1 rings (SSSR count). The number of nitrogens with zero attached hydrogens (tertiary/aromatic N) is 2. The van der Waals surface area contributed by atoms with Crippen LogP contribution >= 0.6 is 0 Å². The summed E-state index contributed by atoms with van der Waals surface area (Å²) in [5, 5.41) is 0. The molecule has 0 aliphatic carbocycles. The minimum Gasteiger partial charge on any atom is -0.465 e. The quantitative estimate of drug-likeness (QED) is 0.701. The average Bonchev–Trinajstić information content (AvgIpc) is 2.16. The summed E-state index contributed by atoms with van der Waals surface area (Å²) >= 11 is 0. The molecule has 0 radical (unpaired) electrons. The second-order valence-corrected chi connectivity index (χ2v) is 3.68. The van der Waals surface area contributed by atoms with Gasteiger partial charge in [-0.15, -0.1) is 0 Å². The zero-order chi connectivity index (χ0) is 11.4. The minimum atomic E-state index is -0.334. The number of ether oxygens (including phenoxy) is 1. The van der Waals surface area contributed by atoms with Crippen LogP contribution in [0.3, 0.4) is 0 Å². The Hall–Kier alpha value is -1.42. The predicted molar refractivity (Wildman–Crippen MR) is 57.7 cm³/mol. The summed E-state index contributed by atoms with van der Waals surface area (Å²) in [4.78, 5) is 17.8. The lowest BCUT2D eigenvalue weighted by atomic mass is 10.1. The Labute approximate surface area is 89.9 Å². The van der Waals surface area contributed by atoms with E-state index in [1.165, 1.54) is 7.11 Å². The summed E-state index contributed by atoms with van der Waals surface area (Å²) in [6, 6.07) is 3.57. The maximum absolute atomic E-state index is 11.4. The van der Waals surface area contributed by atoms with Gasteiger partial charge in [-0.25, -0.2) is 4.79 Å². The highest BCUT2D eigenvalue weighted by Crippen LogP contribution is 2.10. The maximum atomic E-state index is 11.4. The van der Waals surface area contributed by atoms with Crippen molar-refractivity contribution in [3.63, 3.8) is 0 Å². The molecule has 0 aromatic carbocycles. The van der Waals surface area contributed by atoms with E-state index < -0.39 is 0 Å². The number of esters is 1. The third-order valence-corrected chi connectivity index (χ3v) is 1.98. The molecule has 0 saturated heterocycles. The Bertz CT molecular complexity index is 362. The molecular formula is C11H16N2O2. The lowest BCUT2D eigenvalue weighted by molar-refractivity contribution is 0.0598. The number of aromatic nitrogens is 1. The number of hydrogen-bond donors (Lipinski definition) is 0. The Morgan fingerprint density at radius 3 is 2.67 bits per heavy atom. The first-order valence-corrected chi connectivity index (χ1v) is 4.74. The van der Waals surface area contributed by atoms with Crippen LogP contribution in [0.1, 0.15) is 21.7 Å². The van der Waals surface area contributed by atoms with E-state index >= 15 is 0 Å². The fourth-order valence-corrected chi connectivity index (χ4v) is 1.33. The molecule has 4 nitrogen and oxygen atoms in total. The highest BCUT2D eigenvalue weighted by molar-refractivity contribution is 5.90. The van der Waals surface area contributed by atoms with E-state index in [-0.39, 0.29) is 5.97 Å². The third-order valence-electron chi connectivity index (χ3n) is 1.98. The van der Waals surface area contributed by atoms with Crippen LogP contribution in [0.15, 0.2) is 12.1 Å². The largest absolute Gasteiger partial charge is 0.465 e. The Kier molecular flexibility index (Phi) is 3.80. The van der Waals surface area contributed by atoms with Gasteiger partial charge in [-0.2, -0.15) is 0 Å². The molecule has 0 atom stereocenters. The first-order chi connectivity index (χ1) is 7.04. The van der Waals surface area contributed by atoms with Crippen molar-refractivity contribution in [3.8, 4) is 0 Å².